The van der Waals surface area contributed by atoms with Gasteiger partial charge in [-0.3, -0.25) is 0 Å². The fraction of sp³-hybridized carbons (Fsp3) is 0.111. The number of rotatable bonds is 5. The first-order chi connectivity index (χ1) is 27.8. The molecule has 56 heavy (non-hydrogen) atoms. The summed E-state index contributed by atoms with van der Waals surface area (Å²) in [6.07, 6.45) is 17.1. The van der Waals surface area contributed by atoms with E-state index in [1.165, 1.54) is 83.7 Å². The van der Waals surface area contributed by atoms with E-state index in [4.69, 9.17) is 0 Å². The van der Waals surface area contributed by atoms with Crippen molar-refractivity contribution in [2.24, 2.45) is 5.92 Å². The standard InChI is InChI=1S/C54H40N2/c1-2-15-35(16-3-1)41-22-8-10-27-48(41)56-49-28-11-9-24-43(49)44-32-31-39(34-51(44)56)55(47-29-13-19-36-17-4-6-21-40(36)47)50-30-14-26-46-45-25-12-20-38-33-37-18-5-7-23-42(37)54(52(38)45)53(46)50/h1-4,6-17,19-34,42,44,51,54H,5,18H2. The molecule has 0 aromatic heterocycles. The molecule has 2 heteroatoms. The van der Waals surface area contributed by atoms with Gasteiger partial charge in [-0.1, -0.05) is 163 Å². The zero-order valence-electron chi connectivity index (χ0n) is 31.1. The van der Waals surface area contributed by atoms with Crippen molar-refractivity contribution in [1.82, 2.24) is 0 Å². The maximum absolute atomic E-state index is 2.61. The van der Waals surface area contributed by atoms with Crippen molar-refractivity contribution in [3.05, 3.63) is 222 Å². The van der Waals surface area contributed by atoms with Gasteiger partial charge in [0, 0.05) is 45.8 Å². The van der Waals surface area contributed by atoms with Gasteiger partial charge in [-0.05, 0) is 93.6 Å². The highest BCUT2D eigenvalue weighted by Crippen LogP contribution is 2.60. The molecule has 1 heterocycles. The monoisotopic (exact) mass is 716 g/mol. The predicted octanol–water partition coefficient (Wildman–Crippen LogP) is 13.9. The summed E-state index contributed by atoms with van der Waals surface area (Å²) in [5.41, 5.74) is 18.7. The Labute approximate surface area is 328 Å². The molecule has 4 unspecified atom stereocenters. The lowest BCUT2D eigenvalue weighted by Gasteiger charge is -2.38. The molecule has 4 aliphatic carbocycles. The lowest BCUT2D eigenvalue weighted by atomic mass is 9.70. The molecule has 7 aromatic carbocycles. The molecule has 1 aliphatic heterocycles. The third-order valence-electron chi connectivity index (χ3n) is 13.0. The molecule has 0 radical (unpaired) electrons. The van der Waals surface area contributed by atoms with E-state index in [0.717, 1.165) is 12.8 Å². The lowest BCUT2D eigenvalue weighted by molar-refractivity contribution is 0.609. The molecule has 5 aliphatic rings. The maximum Gasteiger partial charge on any atom is 0.0649 e. The molecule has 2 nitrogen and oxygen atoms in total. The Bertz CT molecular complexity index is 2850. The van der Waals surface area contributed by atoms with Gasteiger partial charge in [-0.25, -0.2) is 0 Å². The maximum atomic E-state index is 2.61. The van der Waals surface area contributed by atoms with Crippen LogP contribution in [0.2, 0.25) is 0 Å². The third-order valence-corrected chi connectivity index (χ3v) is 13.0. The van der Waals surface area contributed by atoms with E-state index in [0.29, 0.717) is 5.92 Å². The van der Waals surface area contributed by atoms with Crippen LogP contribution in [0.1, 0.15) is 46.9 Å². The molecule has 0 fully saturated rings. The quantitative estimate of drug-likeness (QED) is 0.164. The van der Waals surface area contributed by atoms with E-state index in [1.807, 2.05) is 0 Å². The summed E-state index contributed by atoms with van der Waals surface area (Å²) < 4.78 is 0. The molecular weight excluding hydrogens is 677 g/mol. The van der Waals surface area contributed by atoms with Crippen molar-refractivity contribution in [3.8, 4) is 22.3 Å². The van der Waals surface area contributed by atoms with Crippen molar-refractivity contribution < 1.29 is 0 Å². The number of hydrogen-bond acceptors (Lipinski definition) is 2. The molecule has 12 rings (SSSR count). The SMILES string of the molecule is C1=CC2C(=Cc3cccc4c3C2c2c-4cccc2N(C2=CC3C(C=C2)c2ccccc2N3c2ccccc2-c2ccccc2)c2cccc3ccccc23)CC1. The number of fused-ring (bicyclic) bond motifs is 9. The summed E-state index contributed by atoms with van der Waals surface area (Å²) in [7, 11) is 0. The third kappa shape index (κ3) is 4.62. The summed E-state index contributed by atoms with van der Waals surface area (Å²) in [6.45, 7) is 0. The molecule has 0 spiro atoms. The summed E-state index contributed by atoms with van der Waals surface area (Å²) in [4.78, 5) is 5.21. The molecule has 0 saturated carbocycles. The highest BCUT2D eigenvalue weighted by atomic mass is 15.2. The Hall–Kier alpha value is -6.64. The van der Waals surface area contributed by atoms with Crippen molar-refractivity contribution >= 4 is 39.6 Å². The Kier molecular flexibility index (Phi) is 7.04. The van der Waals surface area contributed by atoms with Gasteiger partial charge >= 0.3 is 0 Å². The highest BCUT2D eigenvalue weighted by Gasteiger charge is 2.44. The average molecular weight is 717 g/mol. The Morgan fingerprint density at radius 3 is 2.20 bits per heavy atom. The number of para-hydroxylation sites is 2. The van der Waals surface area contributed by atoms with Gasteiger partial charge < -0.3 is 9.80 Å². The molecular formula is C54H40N2. The van der Waals surface area contributed by atoms with Crippen molar-refractivity contribution in [2.75, 3.05) is 9.80 Å². The van der Waals surface area contributed by atoms with Crippen LogP contribution in [0.5, 0.6) is 0 Å². The first kappa shape index (κ1) is 31.7. The zero-order valence-corrected chi connectivity index (χ0v) is 31.1. The van der Waals surface area contributed by atoms with Crippen LogP contribution >= 0.6 is 0 Å². The van der Waals surface area contributed by atoms with E-state index < -0.39 is 0 Å². The highest BCUT2D eigenvalue weighted by molar-refractivity contribution is 6.00. The number of benzene rings is 7. The fourth-order valence-corrected chi connectivity index (χ4v) is 10.7. The smallest absolute Gasteiger partial charge is 0.0649 e. The second-order valence-corrected chi connectivity index (χ2v) is 15.8. The molecule has 7 aromatic rings. The Morgan fingerprint density at radius 1 is 0.554 bits per heavy atom. The van der Waals surface area contributed by atoms with Gasteiger partial charge in [0.25, 0.3) is 0 Å². The van der Waals surface area contributed by atoms with Crippen LogP contribution in [0, 0.1) is 5.92 Å². The van der Waals surface area contributed by atoms with E-state index in [-0.39, 0.29) is 17.9 Å². The second kappa shape index (κ2) is 12.4. The first-order valence-electron chi connectivity index (χ1n) is 20.2. The minimum absolute atomic E-state index is 0.0841. The normalized spacial score (nSPS) is 20.8. The van der Waals surface area contributed by atoms with E-state index in [9.17, 15) is 0 Å². The summed E-state index contributed by atoms with van der Waals surface area (Å²) in [5, 5.41) is 2.50. The summed E-state index contributed by atoms with van der Waals surface area (Å²) in [5.74, 6) is 0.857. The zero-order chi connectivity index (χ0) is 36.7. The molecule has 266 valence electrons. The van der Waals surface area contributed by atoms with Gasteiger partial charge in [0.15, 0.2) is 0 Å². The van der Waals surface area contributed by atoms with Crippen LogP contribution in [0.3, 0.4) is 0 Å². The largest absolute Gasteiger partial charge is 0.333 e. The predicted molar refractivity (Wildman–Crippen MR) is 234 cm³/mol. The Balaban J connectivity index is 1.09. The molecule has 4 atom stereocenters. The number of nitrogens with zero attached hydrogens (tertiary/aromatic N) is 2. The van der Waals surface area contributed by atoms with Crippen LogP contribution in [0.4, 0.5) is 22.7 Å². The van der Waals surface area contributed by atoms with E-state index >= 15 is 0 Å². The van der Waals surface area contributed by atoms with Crippen LogP contribution in [0.15, 0.2) is 199 Å². The fourth-order valence-electron chi connectivity index (χ4n) is 10.7. The summed E-state index contributed by atoms with van der Waals surface area (Å²) >= 11 is 0. The van der Waals surface area contributed by atoms with Gasteiger partial charge in [-0.2, -0.15) is 0 Å². The molecule has 0 bridgehead atoms. The van der Waals surface area contributed by atoms with Gasteiger partial charge in [0.1, 0.15) is 0 Å². The van der Waals surface area contributed by atoms with Crippen LogP contribution in [-0.4, -0.2) is 6.04 Å². The molecule has 0 N–H and O–H groups in total. The summed E-state index contributed by atoms with van der Waals surface area (Å²) in [6, 6.07) is 58.6. The molecule has 0 saturated heterocycles. The first-order valence-corrected chi connectivity index (χ1v) is 20.2. The van der Waals surface area contributed by atoms with Crippen molar-refractivity contribution in [1.29, 1.82) is 0 Å². The van der Waals surface area contributed by atoms with Gasteiger partial charge in [-0.15, -0.1) is 0 Å². The van der Waals surface area contributed by atoms with E-state index in [1.54, 1.807) is 5.57 Å². The number of allylic oxidation sites excluding steroid dienone is 4. The number of anilines is 4. The van der Waals surface area contributed by atoms with Crippen molar-refractivity contribution in [3.63, 3.8) is 0 Å². The lowest BCUT2D eigenvalue weighted by Crippen LogP contribution is -2.32. The topological polar surface area (TPSA) is 6.48 Å². The van der Waals surface area contributed by atoms with E-state index in [2.05, 4.69) is 204 Å². The average Bonchev–Trinajstić information content (AvgIpc) is 3.78. The van der Waals surface area contributed by atoms with Gasteiger partial charge in [0.2, 0.25) is 0 Å². The molecule has 0 amide bonds. The van der Waals surface area contributed by atoms with Crippen molar-refractivity contribution in [2.45, 2.75) is 30.7 Å². The number of hydrogen-bond donors (Lipinski definition) is 0. The second-order valence-electron chi connectivity index (χ2n) is 15.8. The van der Waals surface area contributed by atoms with Crippen LogP contribution < -0.4 is 9.80 Å². The minimum atomic E-state index is 0.0841. The van der Waals surface area contributed by atoms with Crippen LogP contribution in [-0.2, 0) is 0 Å². The van der Waals surface area contributed by atoms with Gasteiger partial charge in [0.05, 0.1) is 17.4 Å². The minimum Gasteiger partial charge on any atom is -0.333 e. The Morgan fingerprint density at radius 2 is 1.27 bits per heavy atom. The van der Waals surface area contributed by atoms with Crippen LogP contribution in [0.25, 0.3) is 39.1 Å².